The SMILES string of the molecule is O=C1CNC(C(=O)N[C@H](Cc2ccccc2)C(=O)O)CN1. The Balaban J connectivity index is 1.95. The van der Waals surface area contributed by atoms with Gasteiger partial charge >= 0.3 is 5.97 Å². The summed E-state index contributed by atoms with van der Waals surface area (Å²) in [5.74, 6) is -1.71. The highest BCUT2D eigenvalue weighted by molar-refractivity contribution is 5.89. The Labute approximate surface area is 121 Å². The van der Waals surface area contributed by atoms with Crippen molar-refractivity contribution < 1.29 is 19.5 Å². The lowest BCUT2D eigenvalue weighted by Gasteiger charge is -2.25. The number of aliphatic carboxylic acids is 1. The van der Waals surface area contributed by atoms with Crippen LogP contribution in [0.25, 0.3) is 0 Å². The van der Waals surface area contributed by atoms with Crippen LogP contribution >= 0.6 is 0 Å². The zero-order valence-electron chi connectivity index (χ0n) is 11.3. The third kappa shape index (κ3) is 4.28. The largest absolute Gasteiger partial charge is 0.480 e. The van der Waals surface area contributed by atoms with E-state index in [0.29, 0.717) is 0 Å². The summed E-state index contributed by atoms with van der Waals surface area (Å²) in [6, 6.07) is 7.47. The van der Waals surface area contributed by atoms with Crippen molar-refractivity contribution in [2.24, 2.45) is 0 Å². The summed E-state index contributed by atoms with van der Waals surface area (Å²) in [5, 5.41) is 17.0. The molecule has 1 aliphatic heterocycles. The molecule has 0 bridgehead atoms. The van der Waals surface area contributed by atoms with Crippen LogP contribution in [-0.2, 0) is 20.8 Å². The Bertz CT molecular complexity index is 522. The molecule has 7 heteroatoms. The highest BCUT2D eigenvalue weighted by atomic mass is 16.4. The lowest BCUT2D eigenvalue weighted by Crippen LogP contribution is -2.60. The maximum atomic E-state index is 12.0. The second kappa shape index (κ2) is 6.85. The highest BCUT2D eigenvalue weighted by Gasteiger charge is 2.28. The van der Waals surface area contributed by atoms with E-state index in [0.717, 1.165) is 5.56 Å². The zero-order chi connectivity index (χ0) is 15.2. The van der Waals surface area contributed by atoms with Crippen LogP contribution in [0.15, 0.2) is 30.3 Å². The molecular weight excluding hydrogens is 274 g/mol. The number of carbonyl (C=O) groups excluding carboxylic acids is 2. The number of benzene rings is 1. The first kappa shape index (κ1) is 15.0. The predicted molar refractivity (Wildman–Crippen MR) is 74.5 cm³/mol. The molecule has 1 heterocycles. The Morgan fingerprint density at radius 2 is 2.05 bits per heavy atom. The van der Waals surface area contributed by atoms with E-state index in [4.69, 9.17) is 0 Å². The first-order valence-corrected chi connectivity index (χ1v) is 6.63. The molecule has 2 atom stereocenters. The van der Waals surface area contributed by atoms with Crippen molar-refractivity contribution in [1.82, 2.24) is 16.0 Å². The number of carboxylic acid groups (broad SMARTS) is 1. The topological polar surface area (TPSA) is 108 Å². The smallest absolute Gasteiger partial charge is 0.326 e. The van der Waals surface area contributed by atoms with Gasteiger partial charge in [-0.1, -0.05) is 30.3 Å². The van der Waals surface area contributed by atoms with Gasteiger partial charge in [-0.3, -0.25) is 14.9 Å². The fourth-order valence-electron chi connectivity index (χ4n) is 2.07. The van der Waals surface area contributed by atoms with Crippen molar-refractivity contribution in [3.8, 4) is 0 Å². The molecule has 0 radical (unpaired) electrons. The maximum absolute atomic E-state index is 12.0. The molecule has 7 nitrogen and oxygen atoms in total. The van der Waals surface area contributed by atoms with E-state index in [1.54, 1.807) is 12.1 Å². The summed E-state index contributed by atoms with van der Waals surface area (Å²) >= 11 is 0. The molecule has 0 spiro atoms. The van der Waals surface area contributed by atoms with Crippen LogP contribution < -0.4 is 16.0 Å². The third-order valence-electron chi connectivity index (χ3n) is 3.23. The van der Waals surface area contributed by atoms with Gasteiger partial charge in [0.2, 0.25) is 11.8 Å². The quantitative estimate of drug-likeness (QED) is 0.550. The molecule has 0 aliphatic carbocycles. The van der Waals surface area contributed by atoms with Crippen molar-refractivity contribution in [1.29, 1.82) is 0 Å². The molecule has 2 rings (SSSR count). The van der Waals surface area contributed by atoms with Crippen LogP contribution in [0.2, 0.25) is 0 Å². The molecule has 0 saturated carbocycles. The van der Waals surface area contributed by atoms with Crippen LogP contribution in [0.1, 0.15) is 5.56 Å². The van der Waals surface area contributed by atoms with Crippen molar-refractivity contribution in [2.45, 2.75) is 18.5 Å². The Morgan fingerprint density at radius 1 is 1.33 bits per heavy atom. The number of carbonyl (C=O) groups is 3. The van der Waals surface area contributed by atoms with Gasteiger partial charge in [-0.05, 0) is 5.56 Å². The van der Waals surface area contributed by atoms with Crippen LogP contribution in [0, 0.1) is 0 Å². The molecule has 21 heavy (non-hydrogen) atoms. The van der Waals surface area contributed by atoms with Crippen LogP contribution in [0.4, 0.5) is 0 Å². The van der Waals surface area contributed by atoms with E-state index in [1.165, 1.54) is 0 Å². The molecule has 1 aromatic rings. The molecule has 2 amide bonds. The van der Waals surface area contributed by atoms with Crippen LogP contribution in [0.3, 0.4) is 0 Å². The van der Waals surface area contributed by atoms with Gasteiger partial charge in [-0.2, -0.15) is 0 Å². The first-order valence-electron chi connectivity index (χ1n) is 6.63. The minimum atomic E-state index is -1.09. The van der Waals surface area contributed by atoms with E-state index in [-0.39, 0.29) is 25.4 Å². The van der Waals surface area contributed by atoms with Gasteiger partial charge in [0.1, 0.15) is 12.1 Å². The monoisotopic (exact) mass is 291 g/mol. The summed E-state index contributed by atoms with van der Waals surface area (Å²) in [7, 11) is 0. The number of hydrogen-bond acceptors (Lipinski definition) is 4. The van der Waals surface area contributed by atoms with E-state index in [1.807, 2.05) is 18.2 Å². The van der Waals surface area contributed by atoms with Crippen molar-refractivity contribution in [3.05, 3.63) is 35.9 Å². The number of carboxylic acids is 1. The average molecular weight is 291 g/mol. The van der Waals surface area contributed by atoms with Crippen molar-refractivity contribution in [2.75, 3.05) is 13.1 Å². The van der Waals surface area contributed by atoms with E-state index in [9.17, 15) is 19.5 Å². The molecule has 0 aromatic heterocycles. The highest BCUT2D eigenvalue weighted by Crippen LogP contribution is 2.04. The van der Waals surface area contributed by atoms with Crippen molar-refractivity contribution in [3.63, 3.8) is 0 Å². The molecule has 1 unspecified atom stereocenters. The standard InChI is InChI=1S/C14H17N3O4/c18-12-8-15-11(7-16-12)13(19)17-10(14(20)21)6-9-4-2-1-3-5-9/h1-5,10-11,15H,6-8H2,(H,16,18)(H,17,19)(H,20,21)/t10-,11?/m1/s1. The first-order chi connectivity index (χ1) is 10.1. The van der Waals surface area contributed by atoms with Crippen molar-refractivity contribution >= 4 is 17.8 Å². The average Bonchev–Trinajstić information content (AvgIpc) is 2.48. The fraction of sp³-hybridized carbons (Fsp3) is 0.357. The second-order valence-corrected chi connectivity index (χ2v) is 4.83. The molecule has 1 aromatic carbocycles. The number of rotatable bonds is 5. The molecule has 4 N–H and O–H groups in total. The third-order valence-corrected chi connectivity index (χ3v) is 3.23. The summed E-state index contributed by atoms with van der Waals surface area (Å²) in [6.45, 7) is 0.205. The minimum absolute atomic E-state index is 0.0501. The molecule has 1 saturated heterocycles. The van der Waals surface area contributed by atoms with E-state index < -0.39 is 24.0 Å². The van der Waals surface area contributed by atoms with Gasteiger partial charge in [0.25, 0.3) is 0 Å². The summed E-state index contributed by atoms with van der Waals surface area (Å²) in [4.78, 5) is 34.3. The Hall–Kier alpha value is -2.41. The summed E-state index contributed by atoms with van der Waals surface area (Å²) in [5.41, 5.74) is 0.829. The lowest BCUT2D eigenvalue weighted by atomic mass is 10.1. The number of piperazine rings is 1. The van der Waals surface area contributed by atoms with Gasteiger partial charge in [0, 0.05) is 13.0 Å². The second-order valence-electron chi connectivity index (χ2n) is 4.83. The Morgan fingerprint density at radius 3 is 2.62 bits per heavy atom. The molecule has 112 valence electrons. The minimum Gasteiger partial charge on any atom is -0.480 e. The number of hydrogen-bond donors (Lipinski definition) is 4. The van der Waals surface area contributed by atoms with E-state index in [2.05, 4.69) is 16.0 Å². The van der Waals surface area contributed by atoms with Crippen LogP contribution in [0.5, 0.6) is 0 Å². The Kier molecular flexibility index (Phi) is 4.89. The van der Waals surface area contributed by atoms with Gasteiger partial charge in [0.05, 0.1) is 6.54 Å². The number of nitrogens with one attached hydrogen (secondary N) is 3. The number of amides is 2. The van der Waals surface area contributed by atoms with Gasteiger partial charge in [0.15, 0.2) is 0 Å². The fourth-order valence-corrected chi connectivity index (χ4v) is 2.07. The summed E-state index contributed by atoms with van der Waals surface area (Å²) in [6.07, 6.45) is 0.209. The normalized spacial score (nSPS) is 19.4. The van der Waals surface area contributed by atoms with Gasteiger partial charge < -0.3 is 15.7 Å². The van der Waals surface area contributed by atoms with Crippen LogP contribution in [-0.4, -0.2) is 48.1 Å². The molecule has 1 fully saturated rings. The maximum Gasteiger partial charge on any atom is 0.326 e. The molecule has 1 aliphatic rings. The van der Waals surface area contributed by atoms with Gasteiger partial charge in [-0.25, -0.2) is 4.79 Å². The zero-order valence-corrected chi connectivity index (χ0v) is 11.3. The van der Waals surface area contributed by atoms with E-state index >= 15 is 0 Å². The van der Waals surface area contributed by atoms with Gasteiger partial charge in [-0.15, -0.1) is 0 Å². The lowest BCUT2D eigenvalue weighted by molar-refractivity contribution is -0.142. The summed E-state index contributed by atoms with van der Waals surface area (Å²) < 4.78 is 0. The predicted octanol–water partition coefficient (Wildman–Crippen LogP) is -1.11. The molecular formula is C14H17N3O4.